The second-order valence-corrected chi connectivity index (χ2v) is 21.1. The van der Waals surface area contributed by atoms with Crippen molar-refractivity contribution in [2.75, 3.05) is 158 Å². The number of alkyl carbamates (subject to hydrolysis) is 1. The number of carbonyl (C=O) groups excluding carboxylic acids is 4. The van der Waals surface area contributed by atoms with Crippen molar-refractivity contribution in [3.05, 3.63) is 35.9 Å². The quantitative estimate of drug-likeness (QED) is 0.0303. The number of carboxylic acids is 2. The smallest absolute Gasteiger partial charge is 0.408 e. The van der Waals surface area contributed by atoms with Gasteiger partial charge >= 0.3 is 18.0 Å². The minimum Gasteiger partial charge on any atom is -0.481 e. The monoisotopic (exact) mass is 1240 g/mol. The molecule has 3 atom stereocenters. The van der Waals surface area contributed by atoms with Gasteiger partial charge in [0.05, 0.1) is 145 Å². The van der Waals surface area contributed by atoms with Crippen molar-refractivity contribution < 1.29 is 95.8 Å². The molecule has 0 saturated carbocycles. The van der Waals surface area contributed by atoms with E-state index in [-0.39, 0.29) is 63.9 Å². The Morgan fingerprint density at radius 3 is 1.14 bits per heavy atom. The molecule has 0 heterocycles. The summed E-state index contributed by atoms with van der Waals surface area (Å²) in [5.74, 6) is -3.99. The second kappa shape index (κ2) is 61.8. The van der Waals surface area contributed by atoms with Crippen LogP contribution in [0.5, 0.6) is 0 Å². The highest BCUT2D eigenvalue weighted by Gasteiger charge is 2.34. The number of carbonyl (C=O) groups is 6. The molecule has 0 aliphatic rings. The maximum atomic E-state index is 13.2. The first-order valence-corrected chi connectivity index (χ1v) is 32.4. The summed E-state index contributed by atoms with van der Waals surface area (Å²) in [6.45, 7) is 13.2. The molecule has 1 aromatic rings. The molecule has 3 amide bonds. The summed E-state index contributed by atoms with van der Waals surface area (Å²) >= 11 is 0. The van der Waals surface area contributed by atoms with Crippen molar-refractivity contribution >= 4 is 35.6 Å². The predicted molar refractivity (Wildman–Crippen MR) is 329 cm³/mol. The van der Waals surface area contributed by atoms with Gasteiger partial charge in [-0.3, -0.25) is 24.0 Å². The van der Waals surface area contributed by atoms with Gasteiger partial charge in [-0.15, -0.1) is 0 Å². The van der Waals surface area contributed by atoms with Crippen LogP contribution in [0.25, 0.3) is 0 Å². The number of aliphatic carboxylic acids is 2. The summed E-state index contributed by atoms with van der Waals surface area (Å²) in [7, 11) is 0. The number of ether oxygens (including phenoxy) is 12. The van der Waals surface area contributed by atoms with Gasteiger partial charge in [0.2, 0.25) is 11.8 Å². The number of ketones is 1. The zero-order valence-corrected chi connectivity index (χ0v) is 53.1. The van der Waals surface area contributed by atoms with Crippen LogP contribution >= 0.6 is 0 Å². The average molecular weight is 1240 g/mol. The van der Waals surface area contributed by atoms with Crippen molar-refractivity contribution in [3.63, 3.8) is 0 Å². The van der Waals surface area contributed by atoms with Crippen LogP contribution in [-0.2, 0) is 87.4 Å². The maximum absolute atomic E-state index is 13.2. The molecule has 23 heteroatoms. The fourth-order valence-corrected chi connectivity index (χ4v) is 8.97. The third kappa shape index (κ3) is 53.2. The van der Waals surface area contributed by atoms with Crippen molar-refractivity contribution in [3.8, 4) is 0 Å². The lowest BCUT2D eigenvalue weighted by Gasteiger charge is -2.24. The SMILES string of the molecule is CCCCCCCCCCC(CCCCCCCCCCC(=O)O)C(C(=O)O)C(=O)NCCOCCOCCOCCOCCOCCOCCOCCOCCOCCOCCOCCNC(=O)[C@H](CCC(=O)CC)NC(=O)OCc1ccccc1. The first kappa shape index (κ1) is 80.6. The predicted octanol–water partition coefficient (Wildman–Crippen LogP) is 8.29. The van der Waals surface area contributed by atoms with E-state index in [0.29, 0.717) is 145 Å². The van der Waals surface area contributed by atoms with Crippen LogP contribution in [-0.4, -0.2) is 210 Å². The standard InChI is InChI=1S/C64H113N3O20/c1-3-5-6-7-8-11-14-20-25-56(26-21-15-12-9-10-13-16-22-27-59(69)70)60(63(73)74)62(72)66-31-33-77-35-37-79-39-41-81-43-45-83-47-49-85-51-53-86-52-50-84-48-46-82-44-42-80-40-38-78-36-34-76-32-30-65-61(71)58(29-28-57(68)4-2)67-64(75)87-54-55-23-18-17-19-24-55/h17-19,23-24,56,58,60H,3-16,20-22,25-54H2,1-2H3,(H,65,71)(H,66,72)(H,67,75)(H,69,70)(H,73,74)/t56?,58-,60?/m0/s1. The molecule has 0 aliphatic carbocycles. The molecular weight excluding hydrogens is 1130 g/mol. The Hall–Kier alpha value is -4.40. The van der Waals surface area contributed by atoms with Crippen LogP contribution in [0.1, 0.15) is 161 Å². The van der Waals surface area contributed by atoms with Gasteiger partial charge in [0, 0.05) is 32.4 Å². The van der Waals surface area contributed by atoms with Gasteiger partial charge < -0.3 is 83.0 Å². The third-order valence-corrected chi connectivity index (χ3v) is 13.9. The molecule has 0 saturated heterocycles. The van der Waals surface area contributed by atoms with E-state index in [1.165, 1.54) is 32.1 Å². The highest BCUT2D eigenvalue weighted by molar-refractivity contribution is 5.97. The number of benzene rings is 1. The number of carboxylic acid groups (broad SMARTS) is 2. The molecule has 1 aromatic carbocycles. The Kier molecular flexibility index (Phi) is 57.3. The molecule has 504 valence electrons. The molecule has 2 unspecified atom stereocenters. The third-order valence-electron chi connectivity index (χ3n) is 13.9. The summed E-state index contributed by atoms with van der Waals surface area (Å²) in [4.78, 5) is 73.4. The summed E-state index contributed by atoms with van der Waals surface area (Å²) in [6.07, 6.45) is 18.7. The van der Waals surface area contributed by atoms with Crippen LogP contribution in [0.2, 0.25) is 0 Å². The Morgan fingerprint density at radius 1 is 0.414 bits per heavy atom. The summed E-state index contributed by atoms with van der Waals surface area (Å²) < 4.78 is 66.2. The van der Waals surface area contributed by atoms with E-state index in [1.807, 2.05) is 30.3 Å². The van der Waals surface area contributed by atoms with Crippen LogP contribution < -0.4 is 16.0 Å². The Bertz CT molecular complexity index is 1790. The van der Waals surface area contributed by atoms with Gasteiger partial charge in [0.25, 0.3) is 0 Å². The summed E-state index contributed by atoms with van der Waals surface area (Å²) in [6, 6.07) is 8.27. The van der Waals surface area contributed by atoms with E-state index >= 15 is 0 Å². The van der Waals surface area contributed by atoms with Crippen molar-refractivity contribution in [2.24, 2.45) is 11.8 Å². The topological polar surface area (TPSA) is 290 Å². The molecule has 1 rings (SSSR count). The van der Waals surface area contributed by atoms with Gasteiger partial charge in [0.15, 0.2) is 0 Å². The summed E-state index contributed by atoms with van der Waals surface area (Å²) in [5, 5.41) is 27.1. The van der Waals surface area contributed by atoms with Crippen LogP contribution in [0, 0.1) is 11.8 Å². The minimum atomic E-state index is -1.09. The maximum Gasteiger partial charge on any atom is 0.408 e. The lowest BCUT2D eigenvalue weighted by atomic mass is 9.82. The van der Waals surface area contributed by atoms with Gasteiger partial charge in [-0.1, -0.05) is 140 Å². The number of unbranched alkanes of at least 4 members (excludes halogenated alkanes) is 14. The summed E-state index contributed by atoms with van der Waals surface area (Å²) in [5.41, 5.74) is 0.814. The van der Waals surface area contributed by atoms with Gasteiger partial charge in [-0.2, -0.15) is 0 Å². The first-order chi connectivity index (χ1) is 42.6. The largest absolute Gasteiger partial charge is 0.481 e. The fraction of sp³-hybridized carbons (Fsp3) is 0.812. The first-order valence-electron chi connectivity index (χ1n) is 32.4. The van der Waals surface area contributed by atoms with Crippen molar-refractivity contribution in [1.29, 1.82) is 0 Å². The Morgan fingerprint density at radius 2 is 0.770 bits per heavy atom. The number of hydrogen-bond acceptors (Lipinski definition) is 18. The molecule has 5 N–H and O–H groups in total. The highest BCUT2D eigenvalue weighted by atomic mass is 16.6. The number of nitrogens with one attached hydrogen (secondary N) is 3. The van der Waals surface area contributed by atoms with Crippen LogP contribution in [0.15, 0.2) is 30.3 Å². The highest BCUT2D eigenvalue weighted by Crippen LogP contribution is 2.27. The fourth-order valence-electron chi connectivity index (χ4n) is 8.97. The molecule has 0 spiro atoms. The lowest BCUT2D eigenvalue weighted by molar-refractivity contribution is -0.150. The van der Waals surface area contributed by atoms with Crippen molar-refractivity contribution in [2.45, 2.75) is 168 Å². The van der Waals surface area contributed by atoms with Gasteiger partial charge in [-0.25, -0.2) is 4.79 Å². The van der Waals surface area contributed by atoms with Crippen LogP contribution in [0.4, 0.5) is 4.79 Å². The Balaban J connectivity index is 1.94. The van der Waals surface area contributed by atoms with E-state index in [9.17, 15) is 33.9 Å². The molecule has 0 bridgehead atoms. The van der Waals surface area contributed by atoms with Gasteiger partial charge in [0.1, 0.15) is 24.3 Å². The minimum absolute atomic E-state index is 0.00281. The van der Waals surface area contributed by atoms with E-state index in [1.54, 1.807) is 6.92 Å². The number of rotatable bonds is 67. The van der Waals surface area contributed by atoms with E-state index < -0.39 is 41.8 Å². The van der Waals surface area contributed by atoms with E-state index in [4.69, 9.17) is 61.9 Å². The number of hydrogen-bond donors (Lipinski definition) is 5. The zero-order valence-electron chi connectivity index (χ0n) is 53.1. The van der Waals surface area contributed by atoms with Crippen molar-refractivity contribution in [1.82, 2.24) is 16.0 Å². The van der Waals surface area contributed by atoms with Crippen LogP contribution in [0.3, 0.4) is 0 Å². The lowest BCUT2D eigenvalue weighted by Crippen LogP contribution is -2.47. The molecule has 0 aromatic heterocycles. The Labute approximate surface area is 519 Å². The normalized spacial score (nSPS) is 12.4. The van der Waals surface area contributed by atoms with Gasteiger partial charge in [-0.05, 0) is 37.2 Å². The van der Waals surface area contributed by atoms with E-state index in [0.717, 1.165) is 82.6 Å². The number of amides is 3. The molecule has 0 aliphatic heterocycles. The zero-order chi connectivity index (χ0) is 63.1. The van der Waals surface area contributed by atoms with E-state index in [2.05, 4.69) is 22.9 Å². The molecule has 87 heavy (non-hydrogen) atoms. The molecular formula is C64H113N3O20. The number of Topliss-reactive ketones (excluding diaryl/α,β-unsaturated/α-hetero) is 1. The second-order valence-electron chi connectivity index (χ2n) is 21.1. The molecule has 23 nitrogen and oxygen atoms in total. The molecule has 0 fully saturated rings. The molecule has 0 radical (unpaired) electrons. The average Bonchev–Trinajstić information content (AvgIpc) is 3.70.